The van der Waals surface area contributed by atoms with Crippen molar-refractivity contribution < 1.29 is 14.5 Å². The minimum Gasteiger partial charge on any atom is -0.350 e. The minimum absolute atomic E-state index is 0.0111. The molecule has 88 valence electrons. The molecule has 1 fully saturated rings. The highest BCUT2D eigenvalue weighted by Gasteiger charge is 2.21. The topological polar surface area (TPSA) is 27.7 Å². The molecule has 0 aromatic heterocycles. The molecule has 2 unspecified atom stereocenters. The van der Waals surface area contributed by atoms with Gasteiger partial charge in [-0.15, -0.1) is 0 Å². The van der Waals surface area contributed by atoms with E-state index >= 15 is 0 Å². The number of hydrogen-bond donors (Lipinski definition) is 0. The molecule has 0 saturated carbocycles. The van der Waals surface area contributed by atoms with Crippen LogP contribution in [0.3, 0.4) is 0 Å². The maximum absolute atomic E-state index is 5.55. The number of ether oxygens (including phenoxy) is 1. The van der Waals surface area contributed by atoms with Gasteiger partial charge in [0.15, 0.2) is 6.29 Å². The molecule has 2 atom stereocenters. The van der Waals surface area contributed by atoms with E-state index in [2.05, 4.69) is 6.92 Å². The standard InChI is InChI=1S/C13H18O3/c1-2-6-13-14-10-9-12(15-16-13)11-7-4-3-5-8-11/h3-5,7-8,12-13H,2,6,9-10H2,1H3. The summed E-state index contributed by atoms with van der Waals surface area (Å²) in [6.07, 6.45) is 2.53. The van der Waals surface area contributed by atoms with Gasteiger partial charge in [0.2, 0.25) is 0 Å². The van der Waals surface area contributed by atoms with Gasteiger partial charge in [-0.05, 0) is 5.56 Å². The van der Waals surface area contributed by atoms with Crippen LogP contribution in [0.25, 0.3) is 0 Å². The number of rotatable bonds is 3. The first-order valence-electron chi connectivity index (χ1n) is 5.89. The van der Waals surface area contributed by atoms with Gasteiger partial charge in [0, 0.05) is 12.8 Å². The van der Waals surface area contributed by atoms with Crippen LogP contribution >= 0.6 is 0 Å². The normalized spacial score (nSPS) is 26.3. The fourth-order valence-electron chi connectivity index (χ4n) is 1.77. The van der Waals surface area contributed by atoms with E-state index < -0.39 is 0 Å². The molecular formula is C13H18O3. The molecule has 1 aliphatic rings. The van der Waals surface area contributed by atoms with Crippen LogP contribution in [0, 0.1) is 0 Å². The fraction of sp³-hybridized carbons (Fsp3) is 0.538. The molecule has 0 bridgehead atoms. The van der Waals surface area contributed by atoms with Crippen LogP contribution < -0.4 is 0 Å². The van der Waals surface area contributed by atoms with Gasteiger partial charge in [0.05, 0.1) is 6.61 Å². The first-order chi connectivity index (χ1) is 7.90. The zero-order valence-electron chi connectivity index (χ0n) is 9.59. The van der Waals surface area contributed by atoms with Crippen molar-refractivity contribution in [2.75, 3.05) is 6.61 Å². The van der Waals surface area contributed by atoms with E-state index in [9.17, 15) is 0 Å². The van der Waals surface area contributed by atoms with Gasteiger partial charge < -0.3 is 4.74 Å². The van der Waals surface area contributed by atoms with Gasteiger partial charge in [-0.3, -0.25) is 0 Å². The lowest BCUT2D eigenvalue weighted by Crippen LogP contribution is -2.14. The molecule has 1 saturated heterocycles. The Hall–Kier alpha value is -0.900. The third-order valence-corrected chi connectivity index (χ3v) is 2.66. The second kappa shape index (κ2) is 5.99. The molecule has 16 heavy (non-hydrogen) atoms. The summed E-state index contributed by atoms with van der Waals surface area (Å²) in [5, 5.41) is 0. The maximum Gasteiger partial charge on any atom is 0.191 e. The Morgan fingerprint density at radius 3 is 2.75 bits per heavy atom. The summed E-state index contributed by atoms with van der Waals surface area (Å²) < 4.78 is 5.55. The van der Waals surface area contributed by atoms with Gasteiger partial charge in [-0.25, -0.2) is 9.78 Å². The van der Waals surface area contributed by atoms with Crippen molar-refractivity contribution in [3.8, 4) is 0 Å². The van der Waals surface area contributed by atoms with Crippen LogP contribution in [0.1, 0.15) is 37.9 Å². The highest BCUT2D eigenvalue weighted by Crippen LogP contribution is 2.25. The van der Waals surface area contributed by atoms with E-state index in [1.807, 2.05) is 30.3 Å². The van der Waals surface area contributed by atoms with Crippen LogP contribution in [-0.2, 0) is 14.5 Å². The van der Waals surface area contributed by atoms with Gasteiger partial charge in [0.1, 0.15) is 6.10 Å². The Morgan fingerprint density at radius 1 is 1.19 bits per heavy atom. The van der Waals surface area contributed by atoms with E-state index in [4.69, 9.17) is 14.5 Å². The van der Waals surface area contributed by atoms with Crippen LogP contribution in [0.15, 0.2) is 30.3 Å². The summed E-state index contributed by atoms with van der Waals surface area (Å²) in [7, 11) is 0. The molecule has 3 nitrogen and oxygen atoms in total. The molecule has 1 aromatic rings. The van der Waals surface area contributed by atoms with Crippen molar-refractivity contribution in [1.82, 2.24) is 0 Å². The monoisotopic (exact) mass is 222 g/mol. The largest absolute Gasteiger partial charge is 0.350 e. The summed E-state index contributed by atoms with van der Waals surface area (Å²) in [6.45, 7) is 2.79. The molecule has 1 heterocycles. The Morgan fingerprint density at radius 2 is 2.00 bits per heavy atom. The molecule has 0 N–H and O–H groups in total. The zero-order valence-corrected chi connectivity index (χ0v) is 9.59. The average Bonchev–Trinajstić information content (AvgIpc) is 2.57. The van der Waals surface area contributed by atoms with Crippen LogP contribution in [0.5, 0.6) is 0 Å². The SMILES string of the molecule is CCCC1OCCC(c2ccccc2)OO1. The van der Waals surface area contributed by atoms with Gasteiger partial charge >= 0.3 is 0 Å². The van der Waals surface area contributed by atoms with Crippen molar-refractivity contribution in [1.29, 1.82) is 0 Å². The molecule has 2 rings (SSSR count). The van der Waals surface area contributed by atoms with Gasteiger partial charge in [0.25, 0.3) is 0 Å². The van der Waals surface area contributed by atoms with Crippen LogP contribution in [-0.4, -0.2) is 12.9 Å². The summed E-state index contributed by atoms with van der Waals surface area (Å²) in [5.74, 6) is 0. The van der Waals surface area contributed by atoms with E-state index in [-0.39, 0.29) is 12.4 Å². The number of hydrogen-bond acceptors (Lipinski definition) is 3. The second-order valence-electron chi connectivity index (χ2n) is 3.97. The van der Waals surface area contributed by atoms with Crippen molar-refractivity contribution in [3.63, 3.8) is 0 Å². The van der Waals surface area contributed by atoms with Gasteiger partial charge in [-0.2, -0.15) is 0 Å². The quantitative estimate of drug-likeness (QED) is 0.735. The third kappa shape index (κ3) is 3.04. The average molecular weight is 222 g/mol. The van der Waals surface area contributed by atoms with Gasteiger partial charge in [-0.1, -0.05) is 43.7 Å². The molecule has 0 aliphatic carbocycles. The Balaban J connectivity index is 1.94. The zero-order chi connectivity index (χ0) is 11.2. The first kappa shape index (κ1) is 11.6. The van der Waals surface area contributed by atoms with Crippen molar-refractivity contribution in [3.05, 3.63) is 35.9 Å². The smallest absolute Gasteiger partial charge is 0.191 e. The lowest BCUT2D eigenvalue weighted by atomic mass is 10.1. The Kier molecular flexibility index (Phi) is 4.34. The van der Waals surface area contributed by atoms with Crippen molar-refractivity contribution in [2.24, 2.45) is 0 Å². The Bertz CT molecular complexity index is 299. The van der Waals surface area contributed by atoms with Crippen LogP contribution in [0.4, 0.5) is 0 Å². The fourth-order valence-corrected chi connectivity index (χ4v) is 1.77. The molecule has 0 radical (unpaired) electrons. The molecule has 1 aromatic carbocycles. The lowest BCUT2D eigenvalue weighted by molar-refractivity contribution is -0.385. The Labute approximate surface area is 96.3 Å². The van der Waals surface area contributed by atoms with E-state index in [1.54, 1.807) is 0 Å². The summed E-state index contributed by atoms with van der Waals surface area (Å²) >= 11 is 0. The van der Waals surface area contributed by atoms with Crippen molar-refractivity contribution >= 4 is 0 Å². The second-order valence-corrected chi connectivity index (χ2v) is 3.97. The van der Waals surface area contributed by atoms with Crippen molar-refractivity contribution in [2.45, 2.75) is 38.6 Å². The first-order valence-corrected chi connectivity index (χ1v) is 5.89. The maximum atomic E-state index is 5.55. The van der Waals surface area contributed by atoms with E-state index in [0.717, 1.165) is 24.8 Å². The third-order valence-electron chi connectivity index (χ3n) is 2.66. The molecule has 1 aliphatic heterocycles. The predicted octanol–water partition coefficient (Wildman–Crippen LogP) is 3.22. The van der Waals surface area contributed by atoms with E-state index in [0.29, 0.717) is 6.61 Å². The summed E-state index contributed by atoms with van der Waals surface area (Å²) in [4.78, 5) is 10.7. The minimum atomic E-state index is -0.210. The van der Waals surface area contributed by atoms with Crippen LogP contribution in [0.2, 0.25) is 0 Å². The highest BCUT2D eigenvalue weighted by molar-refractivity contribution is 5.17. The lowest BCUT2D eigenvalue weighted by Gasteiger charge is -2.14. The predicted molar refractivity (Wildman–Crippen MR) is 60.6 cm³/mol. The molecular weight excluding hydrogens is 204 g/mol. The highest BCUT2D eigenvalue weighted by atomic mass is 17.2. The van der Waals surface area contributed by atoms with E-state index in [1.165, 1.54) is 0 Å². The summed E-state index contributed by atoms with van der Waals surface area (Å²) in [5.41, 5.74) is 1.14. The molecule has 0 amide bonds. The number of benzene rings is 1. The summed E-state index contributed by atoms with van der Waals surface area (Å²) in [6, 6.07) is 10.1. The molecule has 3 heteroatoms. The molecule has 0 spiro atoms.